The van der Waals surface area contributed by atoms with Gasteiger partial charge in [-0.05, 0) is 11.6 Å². The highest BCUT2D eigenvalue weighted by molar-refractivity contribution is 6.64. The van der Waals surface area contributed by atoms with E-state index in [0.717, 1.165) is 0 Å². The van der Waals surface area contributed by atoms with Gasteiger partial charge in [-0.15, -0.1) is 0 Å². The van der Waals surface area contributed by atoms with Gasteiger partial charge in [0.25, 0.3) is 0 Å². The van der Waals surface area contributed by atoms with E-state index in [1.807, 2.05) is 13.8 Å². The molecule has 0 fully saturated rings. The van der Waals surface area contributed by atoms with Crippen LogP contribution in [0.4, 0.5) is 0 Å². The Morgan fingerprint density at radius 2 is 1.92 bits per heavy atom. The zero-order valence-corrected chi connectivity index (χ0v) is 8.22. The molecule has 0 aromatic heterocycles. The summed E-state index contributed by atoms with van der Waals surface area (Å²) in [4.78, 5) is 3.66. The van der Waals surface area contributed by atoms with E-state index < -0.39 is 0 Å². The maximum atomic E-state index is 5.53. The second-order valence-electron chi connectivity index (χ2n) is 2.54. The van der Waals surface area contributed by atoms with Crippen molar-refractivity contribution in [1.29, 1.82) is 0 Å². The summed E-state index contributed by atoms with van der Waals surface area (Å²) < 4.78 is 5.01. The fourth-order valence-corrected chi connectivity index (χ4v) is 0.897. The SMILES string of the molecule is CO/C(=C(N)/N=C(\N)Cl)C(C)C. The monoisotopic (exact) mass is 191 g/mol. The lowest BCUT2D eigenvalue weighted by molar-refractivity contribution is 0.247. The lowest BCUT2D eigenvalue weighted by Gasteiger charge is -2.10. The van der Waals surface area contributed by atoms with Crippen molar-refractivity contribution in [3.8, 4) is 0 Å². The van der Waals surface area contributed by atoms with Gasteiger partial charge < -0.3 is 16.2 Å². The summed E-state index contributed by atoms with van der Waals surface area (Å²) in [5.74, 6) is 0.966. The largest absolute Gasteiger partial charge is 0.497 e. The first-order chi connectivity index (χ1) is 5.49. The van der Waals surface area contributed by atoms with Crippen LogP contribution in [0.15, 0.2) is 16.6 Å². The molecule has 0 bridgehead atoms. The molecule has 0 aromatic rings. The summed E-state index contributed by atoms with van der Waals surface area (Å²) in [5, 5.41) is -0.0947. The molecule has 12 heavy (non-hydrogen) atoms. The predicted octanol–water partition coefficient (Wildman–Crippen LogP) is 0.970. The van der Waals surface area contributed by atoms with Crippen molar-refractivity contribution in [2.24, 2.45) is 22.4 Å². The van der Waals surface area contributed by atoms with Crippen LogP contribution in [0.1, 0.15) is 13.8 Å². The summed E-state index contributed by atoms with van der Waals surface area (Å²) >= 11 is 5.34. The van der Waals surface area contributed by atoms with Gasteiger partial charge in [0, 0.05) is 5.92 Å². The van der Waals surface area contributed by atoms with Gasteiger partial charge in [-0.1, -0.05) is 13.8 Å². The molecule has 0 heterocycles. The maximum absolute atomic E-state index is 5.53. The van der Waals surface area contributed by atoms with E-state index >= 15 is 0 Å². The topological polar surface area (TPSA) is 73.6 Å². The van der Waals surface area contributed by atoms with Gasteiger partial charge in [-0.3, -0.25) is 0 Å². The maximum Gasteiger partial charge on any atom is 0.195 e. The average molecular weight is 192 g/mol. The van der Waals surface area contributed by atoms with Crippen LogP contribution in [0.3, 0.4) is 0 Å². The molecule has 0 radical (unpaired) electrons. The molecule has 0 aliphatic rings. The zero-order chi connectivity index (χ0) is 9.72. The van der Waals surface area contributed by atoms with Crippen molar-refractivity contribution in [2.75, 3.05) is 7.11 Å². The molecule has 0 saturated heterocycles. The third kappa shape index (κ3) is 3.48. The minimum Gasteiger partial charge on any atom is -0.497 e. The Morgan fingerprint density at radius 3 is 2.17 bits per heavy atom. The highest BCUT2D eigenvalue weighted by atomic mass is 35.5. The number of hydrogen-bond acceptors (Lipinski definition) is 3. The van der Waals surface area contributed by atoms with Crippen LogP contribution in [0.2, 0.25) is 0 Å². The molecule has 4 nitrogen and oxygen atoms in total. The zero-order valence-electron chi connectivity index (χ0n) is 7.47. The molecule has 0 spiro atoms. The molecule has 0 aromatic carbocycles. The Bertz CT molecular complexity index is 207. The van der Waals surface area contributed by atoms with Gasteiger partial charge in [0.05, 0.1) is 7.11 Å². The Labute approximate surface area is 77.2 Å². The highest BCUT2D eigenvalue weighted by Gasteiger charge is 2.07. The number of hydrogen-bond donors (Lipinski definition) is 2. The Morgan fingerprint density at radius 1 is 1.42 bits per heavy atom. The average Bonchev–Trinajstić information content (AvgIpc) is 1.85. The Balaban J connectivity index is 4.73. The van der Waals surface area contributed by atoms with Crippen molar-refractivity contribution in [3.63, 3.8) is 0 Å². The van der Waals surface area contributed by atoms with E-state index in [0.29, 0.717) is 5.76 Å². The van der Waals surface area contributed by atoms with Gasteiger partial charge >= 0.3 is 0 Å². The number of aliphatic imine (C=N–C) groups is 1. The molecule has 70 valence electrons. The molecule has 0 saturated carbocycles. The number of allylic oxidation sites excluding steroid dienone is 1. The summed E-state index contributed by atoms with van der Waals surface area (Å²) in [6, 6.07) is 0. The lowest BCUT2D eigenvalue weighted by atomic mass is 10.2. The van der Waals surface area contributed by atoms with Gasteiger partial charge in [0.1, 0.15) is 5.76 Å². The fourth-order valence-electron chi connectivity index (χ4n) is 0.806. The Hall–Kier alpha value is -0.900. The normalized spacial score (nSPS) is 14.6. The van der Waals surface area contributed by atoms with E-state index in [2.05, 4.69) is 4.99 Å². The summed E-state index contributed by atoms with van der Waals surface area (Å²) in [5.41, 5.74) is 10.7. The number of nitrogens with zero attached hydrogens (tertiary/aromatic N) is 1. The van der Waals surface area contributed by atoms with Crippen LogP contribution in [0, 0.1) is 5.92 Å². The molecule has 0 amide bonds. The van der Waals surface area contributed by atoms with E-state index in [1.165, 1.54) is 7.11 Å². The van der Waals surface area contributed by atoms with Crippen LogP contribution < -0.4 is 11.5 Å². The van der Waals surface area contributed by atoms with Crippen LogP contribution >= 0.6 is 11.6 Å². The lowest BCUT2D eigenvalue weighted by Crippen LogP contribution is -2.11. The van der Waals surface area contributed by atoms with Crippen LogP contribution in [0.5, 0.6) is 0 Å². The number of rotatable bonds is 3. The molecule has 4 N–H and O–H groups in total. The first-order valence-corrected chi connectivity index (χ1v) is 3.90. The summed E-state index contributed by atoms with van der Waals surface area (Å²) in [6.45, 7) is 3.87. The molecule has 0 unspecified atom stereocenters. The number of amidine groups is 1. The molecule has 0 rings (SSSR count). The van der Waals surface area contributed by atoms with E-state index in [9.17, 15) is 0 Å². The van der Waals surface area contributed by atoms with E-state index in [-0.39, 0.29) is 17.0 Å². The molecule has 0 aliphatic carbocycles. The van der Waals surface area contributed by atoms with Crippen molar-refractivity contribution in [1.82, 2.24) is 0 Å². The molecular weight excluding hydrogens is 178 g/mol. The first-order valence-electron chi connectivity index (χ1n) is 3.52. The standard InChI is InChI=1S/C7H14ClN3O/c1-4(2)5(12-3)6(9)11-7(8)10/h4H,9H2,1-3H3,(H2,10,11)/b6-5+. The second-order valence-corrected chi connectivity index (χ2v) is 2.93. The van der Waals surface area contributed by atoms with Crippen LogP contribution in [0.25, 0.3) is 0 Å². The predicted molar refractivity (Wildman–Crippen MR) is 50.5 cm³/mol. The summed E-state index contributed by atoms with van der Waals surface area (Å²) in [6.07, 6.45) is 0. The molecule has 0 atom stereocenters. The van der Waals surface area contributed by atoms with Gasteiger partial charge in [0.2, 0.25) is 0 Å². The van der Waals surface area contributed by atoms with Crippen molar-refractivity contribution < 1.29 is 4.74 Å². The first kappa shape index (κ1) is 11.1. The third-order valence-electron chi connectivity index (χ3n) is 1.22. The molecule has 0 aliphatic heterocycles. The molecule has 5 heteroatoms. The van der Waals surface area contributed by atoms with Gasteiger partial charge in [-0.25, -0.2) is 0 Å². The van der Waals surface area contributed by atoms with Crippen molar-refractivity contribution >= 4 is 16.9 Å². The fraction of sp³-hybridized carbons (Fsp3) is 0.571. The minimum absolute atomic E-state index is 0.0947. The Kier molecular flexibility index (Phi) is 4.51. The number of halogens is 1. The van der Waals surface area contributed by atoms with Crippen LogP contribution in [-0.2, 0) is 4.74 Å². The smallest absolute Gasteiger partial charge is 0.195 e. The van der Waals surface area contributed by atoms with Crippen LogP contribution in [-0.4, -0.2) is 12.4 Å². The number of nitrogens with two attached hydrogens (primary N) is 2. The minimum atomic E-state index is -0.0947. The van der Waals surface area contributed by atoms with Gasteiger partial charge in [0.15, 0.2) is 11.1 Å². The highest BCUT2D eigenvalue weighted by Crippen LogP contribution is 2.13. The van der Waals surface area contributed by atoms with Crippen molar-refractivity contribution in [2.45, 2.75) is 13.8 Å². The quantitative estimate of drug-likeness (QED) is 0.302. The number of ether oxygens (including phenoxy) is 1. The second kappa shape index (κ2) is 4.87. The van der Waals surface area contributed by atoms with E-state index in [4.69, 9.17) is 27.8 Å². The third-order valence-corrected chi connectivity index (χ3v) is 1.31. The summed E-state index contributed by atoms with van der Waals surface area (Å²) in [7, 11) is 1.53. The van der Waals surface area contributed by atoms with Gasteiger partial charge in [-0.2, -0.15) is 4.99 Å². The molecular formula is C7H14ClN3O. The van der Waals surface area contributed by atoms with Crippen molar-refractivity contribution in [3.05, 3.63) is 11.6 Å². The number of methoxy groups -OCH3 is 1. The van der Waals surface area contributed by atoms with E-state index in [1.54, 1.807) is 0 Å².